The molecule has 8 heteroatoms. The molecule has 0 aliphatic rings. The number of phosphoric acid groups is 1. The summed E-state index contributed by atoms with van der Waals surface area (Å²) in [6, 6.07) is 0. The van der Waals surface area contributed by atoms with Crippen LogP contribution in [-0.2, 0) is 22.9 Å². The van der Waals surface area contributed by atoms with E-state index in [4.69, 9.17) is 14.2 Å². The zero-order chi connectivity index (χ0) is 19.1. The van der Waals surface area contributed by atoms with Crippen LogP contribution in [0.25, 0.3) is 0 Å². The van der Waals surface area contributed by atoms with Crippen LogP contribution in [0.2, 0.25) is 0 Å². The quantitative estimate of drug-likeness (QED) is 0.292. The van der Waals surface area contributed by atoms with Crippen molar-refractivity contribution in [3.8, 4) is 0 Å². The van der Waals surface area contributed by atoms with Crippen molar-refractivity contribution >= 4 is 14.3 Å². The highest BCUT2D eigenvalue weighted by atomic mass is 31.2. The molecule has 4 atom stereocenters. The molecule has 2 N–H and O–H groups in total. The molecular formula is C17H35O7P. The standard InChI is InChI=1S/C17H35O7P/c1-4-7-8-15(5-2)12-22-25(21,24-14-19)23-13-16(6-3)9-10-17(20)11-18/h14-18,20H,4-13H2,1-3H3. The summed E-state index contributed by atoms with van der Waals surface area (Å²) in [5.41, 5.74) is 0. The summed E-state index contributed by atoms with van der Waals surface area (Å²) in [6.45, 7) is 6.22. The van der Waals surface area contributed by atoms with Crippen LogP contribution in [-0.4, -0.2) is 42.6 Å². The molecule has 150 valence electrons. The first-order valence-corrected chi connectivity index (χ1v) is 10.7. The summed E-state index contributed by atoms with van der Waals surface area (Å²) in [5.74, 6) is 0.268. The maximum Gasteiger partial charge on any atom is 0.532 e. The van der Waals surface area contributed by atoms with E-state index < -0.39 is 13.9 Å². The molecule has 0 bridgehead atoms. The topological polar surface area (TPSA) is 102 Å². The van der Waals surface area contributed by atoms with Crippen molar-refractivity contribution in [2.75, 3.05) is 19.8 Å². The fourth-order valence-electron chi connectivity index (χ4n) is 2.37. The largest absolute Gasteiger partial charge is 0.532 e. The molecule has 4 unspecified atom stereocenters. The zero-order valence-electron chi connectivity index (χ0n) is 15.8. The summed E-state index contributed by atoms with van der Waals surface area (Å²) >= 11 is 0. The van der Waals surface area contributed by atoms with E-state index in [0.717, 1.165) is 32.1 Å². The van der Waals surface area contributed by atoms with Gasteiger partial charge in [-0.15, -0.1) is 0 Å². The molecule has 0 rings (SSSR count). The molecule has 0 aliphatic heterocycles. The molecule has 0 spiro atoms. The first kappa shape index (κ1) is 24.5. The number of unbranched alkanes of at least 4 members (excludes halogenated alkanes) is 1. The molecule has 0 heterocycles. The smallest absolute Gasteiger partial charge is 0.394 e. The number of hydrogen-bond donors (Lipinski definition) is 2. The Labute approximate surface area is 151 Å². The second-order valence-electron chi connectivity index (χ2n) is 6.34. The lowest BCUT2D eigenvalue weighted by Crippen LogP contribution is -2.17. The van der Waals surface area contributed by atoms with Crippen LogP contribution in [0.15, 0.2) is 0 Å². The summed E-state index contributed by atoms with van der Waals surface area (Å²) in [7, 11) is -3.92. The average Bonchev–Trinajstić information content (AvgIpc) is 2.62. The lowest BCUT2D eigenvalue weighted by molar-refractivity contribution is -0.122. The number of phosphoric ester groups is 1. The number of carbonyl (C=O) groups excluding carboxylic acids is 1. The van der Waals surface area contributed by atoms with Gasteiger partial charge in [0, 0.05) is 0 Å². The Bertz CT molecular complexity index is 378. The van der Waals surface area contributed by atoms with Crippen molar-refractivity contribution in [1.29, 1.82) is 0 Å². The number of aliphatic hydroxyl groups is 2. The normalized spacial score (nSPS) is 17.5. The average molecular weight is 382 g/mol. The van der Waals surface area contributed by atoms with Gasteiger partial charge in [-0.05, 0) is 31.1 Å². The fourth-order valence-corrected chi connectivity index (χ4v) is 3.46. The van der Waals surface area contributed by atoms with Crippen LogP contribution < -0.4 is 0 Å². The maximum atomic E-state index is 12.5. The second-order valence-corrected chi connectivity index (χ2v) is 7.97. The molecular weight excluding hydrogens is 347 g/mol. The van der Waals surface area contributed by atoms with Crippen LogP contribution in [0.1, 0.15) is 65.7 Å². The van der Waals surface area contributed by atoms with Gasteiger partial charge in [0.15, 0.2) is 0 Å². The molecule has 0 aromatic rings. The first-order valence-electron chi connectivity index (χ1n) is 9.24. The monoisotopic (exact) mass is 382 g/mol. The Morgan fingerprint density at radius 3 is 2.00 bits per heavy atom. The van der Waals surface area contributed by atoms with Crippen LogP contribution in [0.3, 0.4) is 0 Å². The van der Waals surface area contributed by atoms with Crippen molar-refractivity contribution in [2.24, 2.45) is 11.8 Å². The lowest BCUT2D eigenvalue weighted by Gasteiger charge is -2.22. The number of rotatable bonds is 17. The fraction of sp³-hybridized carbons (Fsp3) is 0.941. The summed E-state index contributed by atoms with van der Waals surface area (Å²) in [4.78, 5) is 10.7. The summed E-state index contributed by atoms with van der Waals surface area (Å²) < 4.78 is 27.8. The van der Waals surface area contributed by atoms with Crippen molar-refractivity contribution < 1.29 is 33.1 Å². The van der Waals surface area contributed by atoms with Crippen molar-refractivity contribution in [1.82, 2.24) is 0 Å². The zero-order valence-corrected chi connectivity index (χ0v) is 16.7. The molecule has 0 fully saturated rings. The highest BCUT2D eigenvalue weighted by Crippen LogP contribution is 2.50. The predicted molar refractivity (Wildman–Crippen MR) is 96.1 cm³/mol. The van der Waals surface area contributed by atoms with Gasteiger partial charge in [-0.2, -0.15) is 0 Å². The Hall–Kier alpha value is -0.460. The van der Waals surface area contributed by atoms with Gasteiger partial charge in [0.25, 0.3) is 0 Å². The van der Waals surface area contributed by atoms with Crippen molar-refractivity contribution in [3.05, 3.63) is 0 Å². The molecule has 0 aromatic carbocycles. The van der Waals surface area contributed by atoms with Crippen LogP contribution in [0.5, 0.6) is 0 Å². The highest BCUT2D eigenvalue weighted by molar-refractivity contribution is 7.49. The van der Waals surface area contributed by atoms with Gasteiger partial charge in [-0.25, -0.2) is 4.57 Å². The number of carbonyl (C=O) groups is 1. The minimum absolute atomic E-state index is 0.0236. The maximum absolute atomic E-state index is 12.5. The molecule has 0 amide bonds. The Kier molecular flexibility index (Phi) is 14.4. The molecule has 0 aromatic heterocycles. The molecule has 25 heavy (non-hydrogen) atoms. The number of aliphatic hydroxyl groups excluding tert-OH is 2. The van der Waals surface area contributed by atoms with E-state index in [-0.39, 0.29) is 38.1 Å². The van der Waals surface area contributed by atoms with E-state index in [1.54, 1.807) is 0 Å². The minimum Gasteiger partial charge on any atom is -0.394 e. The second kappa shape index (κ2) is 14.7. The van der Waals surface area contributed by atoms with Crippen molar-refractivity contribution in [3.63, 3.8) is 0 Å². The molecule has 7 nitrogen and oxygen atoms in total. The first-order chi connectivity index (χ1) is 11.9. The van der Waals surface area contributed by atoms with E-state index in [9.17, 15) is 14.5 Å². The van der Waals surface area contributed by atoms with E-state index in [1.165, 1.54) is 0 Å². The van der Waals surface area contributed by atoms with Gasteiger partial charge < -0.3 is 14.7 Å². The molecule has 0 aliphatic carbocycles. The minimum atomic E-state index is -3.92. The third kappa shape index (κ3) is 11.7. The molecule has 0 saturated heterocycles. The van der Waals surface area contributed by atoms with Crippen LogP contribution >= 0.6 is 7.82 Å². The SMILES string of the molecule is CCCCC(CC)COP(=O)(OC=O)OCC(CC)CCC(O)CO. The van der Waals surface area contributed by atoms with Gasteiger partial charge in [0.1, 0.15) is 0 Å². The Balaban J connectivity index is 4.52. The van der Waals surface area contributed by atoms with E-state index >= 15 is 0 Å². The van der Waals surface area contributed by atoms with E-state index in [0.29, 0.717) is 12.8 Å². The summed E-state index contributed by atoms with van der Waals surface area (Å²) in [5, 5.41) is 18.3. The molecule has 0 saturated carbocycles. The highest BCUT2D eigenvalue weighted by Gasteiger charge is 2.30. The van der Waals surface area contributed by atoms with Gasteiger partial charge >= 0.3 is 14.3 Å². The van der Waals surface area contributed by atoms with E-state index in [2.05, 4.69) is 11.4 Å². The van der Waals surface area contributed by atoms with Crippen LogP contribution in [0, 0.1) is 11.8 Å². The Morgan fingerprint density at radius 1 is 1.00 bits per heavy atom. The number of hydrogen-bond acceptors (Lipinski definition) is 7. The van der Waals surface area contributed by atoms with Gasteiger partial charge in [-0.1, -0.05) is 46.5 Å². The third-order valence-electron chi connectivity index (χ3n) is 4.35. The Morgan fingerprint density at radius 2 is 1.56 bits per heavy atom. The van der Waals surface area contributed by atoms with Gasteiger partial charge in [0.2, 0.25) is 0 Å². The van der Waals surface area contributed by atoms with Crippen molar-refractivity contribution in [2.45, 2.75) is 71.8 Å². The third-order valence-corrected chi connectivity index (χ3v) is 5.62. The van der Waals surface area contributed by atoms with Gasteiger partial charge in [0.05, 0.1) is 25.9 Å². The summed E-state index contributed by atoms with van der Waals surface area (Å²) in [6.07, 6.45) is 4.99. The van der Waals surface area contributed by atoms with E-state index in [1.807, 2.05) is 13.8 Å². The molecule has 0 radical (unpaired) electrons. The van der Waals surface area contributed by atoms with Crippen LogP contribution in [0.4, 0.5) is 0 Å². The van der Waals surface area contributed by atoms with Gasteiger partial charge in [-0.3, -0.25) is 13.8 Å². The predicted octanol–water partition coefficient (Wildman–Crippen LogP) is 3.68. The lowest BCUT2D eigenvalue weighted by atomic mass is 9.99.